The minimum absolute atomic E-state index is 0.106. The number of rotatable bonds is 6. The fraction of sp³-hybridized carbons (Fsp3) is 0.235. The van der Waals surface area contributed by atoms with Crippen LogP contribution in [-0.4, -0.2) is 17.5 Å². The van der Waals surface area contributed by atoms with E-state index in [2.05, 4.69) is 15.8 Å². The van der Waals surface area contributed by atoms with Crippen molar-refractivity contribution in [2.24, 2.45) is 5.10 Å². The molecule has 2 amide bonds. The van der Waals surface area contributed by atoms with E-state index in [1.807, 2.05) is 19.1 Å². The highest BCUT2D eigenvalue weighted by Crippen LogP contribution is 2.06. The van der Waals surface area contributed by atoms with Gasteiger partial charge in [0.15, 0.2) is 0 Å². The van der Waals surface area contributed by atoms with E-state index in [-0.39, 0.29) is 18.2 Å². The maximum atomic E-state index is 12.0. The van der Waals surface area contributed by atoms with Crippen molar-refractivity contribution >= 4 is 17.5 Å². The predicted molar refractivity (Wildman–Crippen MR) is 86.9 cm³/mol. The van der Waals surface area contributed by atoms with Crippen molar-refractivity contribution in [3.63, 3.8) is 0 Å². The molecule has 0 saturated carbocycles. The molecule has 2 N–H and O–H groups in total. The lowest BCUT2D eigenvalue weighted by atomic mass is 10.1. The van der Waals surface area contributed by atoms with Crippen molar-refractivity contribution < 1.29 is 14.0 Å². The van der Waals surface area contributed by atoms with Gasteiger partial charge in [0.25, 0.3) is 5.91 Å². The molecular formula is C17H19N3O3. The Bertz CT molecular complexity index is 706. The van der Waals surface area contributed by atoms with Gasteiger partial charge in [-0.15, -0.1) is 0 Å². The summed E-state index contributed by atoms with van der Waals surface area (Å²) in [6, 6.07) is 10.8. The van der Waals surface area contributed by atoms with Crippen LogP contribution in [0.4, 0.5) is 0 Å². The lowest BCUT2D eigenvalue weighted by molar-refractivity contribution is -0.120. The van der Waals surface area contributed by atoms with Gasteiger partial charge >= 0.3 is 0 Å². The van der Waals surface area contributed by atoms with Crippen LogP contribution >= 0.6 is 0 Å². The Morgan fingerprint density at radius 2 is 1.96 bits per heavy atom. The summed E-state index contributed by atoms with van der Waals surface area (Å²) in [7, 11) is 0. The fourth-order valence-corrected chi connectivity index (χ4v) is 1.97. The number of aryl methyl sites for hydroxylation is 1. The number of hydrogen-bond donors (Lipinski definition) is 2. The maximum Gasteiger partial charge on any atom is 0.271 e. The van der Waals surface area contributed by atoms with E-state index >= 15 is 0 Å². The van der Waals surface area contributed by atoms with E-state index in [1.165, 1.54) is 0 Å². The molecule has 23 heavy (non-hydrogen) atoms. The third kappa shape index (κ3) is 5.10. The molecule has 2 rings (SSSR count). The van der Waals surface area contributed by atoms with Gasteiger partial charge in [-0.05, 0) is 37.6 Å². The van der Waals surface area contributed by atoms with Crippen LogP contribution in [0.15, 0.2) is 52.2 Å². The van der Waals surface area contributed by atoms with Gasteiger partial charge in [0.1, 0.15) is 5.76 Å². The molecule has 0 aliphatic rings. The summed E-state index contributed by atoms with van der Waals surface area (Å²) >= 11 is 0. The minimum atomic E-state index is -0.293. The first-order chi connectivity index (χ1) is 11.1. The van der Waals surface area contributed by atoms with E-state index in [1.54, 1.807) is 37.5 Å². The summed E-state index contributed by atoms with van der Waals surface area (Å²) in [5.41, 5.74) is 4.41. The molecule has 1 aromatic carbocycles. The number of amides is 2. The van der Waals surface area contributed by atoms with E-state index in [9.17, 15) is 9.59 Å². The van der Waals surface area contributed by atoms with Crippen LogP contribution in [0.1, 0.15) is 35.0 Å². The van der Waals surface area contributed by atoms with E-state index in [4.69, 9.17) is 4.42 Å². The Balaban J connectivity index is 1.81. The lowest BCUT2D eigenvalue weighted by Crippen LogP contribution is -2.26. The second-order valence-corrected chi connectivity index (χ2v) is 5.14. The van der Waals surface area contributed by atoms with Crippen molar-refractivity contribution in [2.45, 2.75) is 26.8 Å². The molecule has 0 unspecified atom stereocenters. The van der Waals surface area contributed by atoms with Crippen molar-refractivity contribution in [3.8, 4) is 0 Å². The molecule has 2 aromatic rings. The zero-order valence-corrected chi connectivity index (χ0v) is 13.1. The van der Waals surface area contributed by atoms with Gasteiger partial charge in [-0.1, -0.05) is 18.2 Å². The molecule has 0 bridgehead atoms. The first kappa shape index (κ1) is 16.5. The average Bonchev–Trinajstić information content (AvgIpc) is 3.04. The highest BCUT2D eigenvalue weighted by molar-refractivity contribution is 6.01. The number of benzene rings is 1. The van der Waals surface area contributed by atoms with Crippen molar-refractivity contribution in [1.29, 1.82) is 0 Å². The third-order valence-electron chi connectivity index (χ3n) is 3.19. The first-order valence-electron chi connectivity index (χ1n) is 7.24. The molecule has 0 radical (unpaired) electrons. The number of carbonyl (C=O) groups is 2. The summed E-state index contributed by atoms with van der Waals surface area (Å²) in [4.78, 5) is 23.8. The van der Waals surface area contributed by atoms with Gasteiger partial charge in [-0.25, -0.2) is 5.43 Å². The number of carbonyl (C=O) groups excluding carboxylic acids is 2. The summed E-state index contributed by atoms with van der Waals surface area (Å²) in [6.07, 6.45) is 1.66. The zero-order valence-electron chi connectivity index (χ0n) is 13.1. The summed E-state index contributed by atoms with van der Waals surface area (Å²) < 4.78 is 5.13. The average molecular weight is 313 g/mol. The van der Waals surface area contributed by atoms with E-state index in [0.717, 1.165) is 5.56 Å². The van der Waals surface area contributed by atoms with Crippen molar-refractivity contribution in [2.75, 3.05) is 0 Å². The molecule has 6 nitrogen and oxygen atoms in total. The van der Waals surface area contributed by atoms with Gasteiger partial charge in [0, 0.05) is 11.3 Å². The van der Waals surface area contributed by atoms with Crippen molar-refractivity contribution in [3.05, 3.63) is 59.5 Å². The number of furan rings is 1. The molecule has 0 fully saturated rings. The Labute approximate surface area is 134 Å². The lowest BCUT2D eigenvalue weighted by Gasteiger charge is -2.05. The fourth-order valence-electron chi connectivity index (χ4n) is 1.97. The van der Waals surface area contributed by atoms with Gasteiger partial charge in [-0.2, -0.15) is 5.10 Å². The van der Waals surface area contributed by atoms with Crippen LogP contribution in [0.2, 0.25) is 0 Å². The van der Waals surface area contributed by atoms with Crippen LogP contribution in [0.5, 0.6) is 0 Å². The molecule has 0 atom stereocenters. The van der Waals surface area contributed by atoms with Gasteiger partial charge in [0.05, 0.1) is 19.2 Å². The standard InChI is InChI=1S/C17H19N3O3/c1-12-6-3-4-8-15(12)17(22)20-19-13(2)10-16(21)18-11-14-7-5-9-23-14/h3-9H,10-11H2,1-2H3,(H,18,21)(H,20,22). The maximum absolute atomic E-state index is 12.0. The molecular weight excluding hydrogens is 294 g/mol. The molecule has 120 valence electrons. The highest BCUT2D eigenvalue weighted by atomic mass is 16.3. The van der Waals surface area contributed by atoms with Crippen LogP contribution < -0.4 is 10.7 Å². The van der Waals surface area contributed by atoms with Gasteiger partial charge in [-0.3, -0.25) is 9.59 Å². The number of nitrogens with zero attached hydrogens (tertiary/aromatic N) is 1. The second kappa shape index (κ2) is 7.93. The molecule has 0 aliphatic heterocycles. The van der Waals surface area contributed by atoms with Crippen LogP contribution in [0.25, 0.3) is 0 Å². The normalized spacial score (nSPS) is 11.1. The first-order valence-corrected chi connectivity index (χ1v) is 7.24. The van der Waals surface area contributed by atoms with E-state index < -0.39 is 0 Å². The topological polar surface area (TPSA) is 83.7 Å². The monoisotopic (exact) mass is 313 g/mol. The van der Waals surface area contributed by atoms with Gasteiger partial charge in [0.2, 0.25) is 5.91 Å². The molecule has 6 heteroatoms. The van der Waals surface area contributed by atoms with E-state index in [0.29, 0.717) is 23.6 Å². The van der Waals surface area contributed by atoms with Crippen LogP contribution in [-0.2, 0) is 11.3 Å². The number of hydrogen-bond acceptors (Lipinski definition) is 4. The second-order valence-electron chi connectivity index (χ2n) is 5.14. The largest absolute Gasteiger partial charge is 0.467 e. The molecule has 1 aromatic heterocycles. The minimum Gasteiger partial charge on any atom is -0.467 e. The Kier molecular flexibility index (Phi) is 5.68. The predicted octanol–water partition coefficient (Wildman–Crippen LogP) is 2.40. The zero-order chi connectivity index (χ0) is 16.7. The molecule has 0 aliphatic carbocycles. The van der Waals surface area contributed by atoms with Crippen LogP contribution in [0.3, 0.4) is 0 Å². The SMILES string of the molecule is CC(CC(=O)NCc1ccco1)=NNC(=O)c1ccccc1C. The van der Waals surface area contributed by atoms with Crippen molar-refractivity contribution in [1.82, 2.24) is 10.7 Å². The smallest absolute Gasteiger partial charge is 0.271 e. The number of nitrogens with one attached hydrogen (secondary N) is 2. The third-order valence-corrected chi connectivity index (χ3v) is 3.19. The Morgan fingerprint density at radius 3 is 2.65 bits per heavy atom. The molecule has 1 heterocycles. The van der Waals surface area contributed by atoms with Gasteiger partial charge < -0.3 is 9.73 Å². The summed E-state index contributed by atoms with van der Waals surface area (Å²) in [6.45, 7) is 3.87. The summed E-state index contributed by atoms with van der Waals surface area (Å²) in [5, 5.41) is 6.68. The number of hydrazone groups is 1. The van der Waals surface area contributed by atoms with Crippen LogP contribution in [0, 0.1) is 6.92 Å². The quantitative estimate of drug-likeness (QED) is 0.634. The summed E-state index contributed by atoms with van der Waals surface area (Å²) in [5.74, 6) is 0.201. The Hall–Kier alpha value is -2.89. The molecule has 0 saturated heterocycles. The Morgan fingerprint density at radius 1 is 1.17 bits per heavy atom. The molecule has 0 spiro atoms. The highest BCUT2D eigenvalue weighted by Gasteiger charge is 2.08.